The van der Waals surface area contributed by atoms with Crippen molar-refractivity contribution in [1.29, 1.82) is 0 Å². The van der Waals surface area contributed by atoms with Crippen LogP contribution in [0.25, 0.3) is 0 Å². The molecule has 128 valence electrons. The van der Waals surface area contributed by atoms with E-state index in [2.05, 4.69) is 72.5 Å². The van der Waals surface area contributed by atoms with Gasteiger partial charge in [0, 0.05) is 13.1 Å². The third kappa shape index (κ3) is 6.60. The number of likely N-dealkylation sites (N-methyl/N-ethyl adjacent to an activating group) is 2. The van der Waals surface area contributed by atoms with Gasteiger partial charge in [-0.2, -0.15) is 10.2 Å². The van der Waals surface area contributed by atoms with Crippen molar-refractivity contribution in [3.8, 4) is 0 Å². The SMILES string of the molecule is CN(C)CCc1ccc(N=Nc2ccc(CCN(C)C)cc2)cc1. The molecule has 0 aliphatic rings. The molecule has 0 bridgehead atoms. The van der Waals surface area contributed by atoms with E-state index < -0.39 is 0 Å². The van der Waals surface area contributed by atoms with Gasteiger partial charge in [-0.1, -0.05) is 24.3 Å². The van der Waals surface area contributed by atoms with Gasteiger partial charge in [0.1, 0.15) is 0 Å². The highest BCUT2D eigenvalue weighted by Gasteiger charge is 1.97. The summed E-state index contributed by atoms with van der Waals surface area (Å²) in [5.74, 6) is 0. The van der Waals surface area contributed by atoms with Crippen LogP contribution in [0.2, 0.25) is 0 Å². The number of azo groups is 1. The molecule has 2 aromatic rings. The molecule has 0 spiro atoms. The maximum atomic E-state index is 4.32. The molecule has 0 saturated heterocycles. The predicted octanol–water partition coefficient (Wildman–Crippen LogP) is 4.31. The molecule has 2 aromatic carbocycles. The third-order valence-corrected chi connectivity index (χ3v) is 3.85. The second-order valence-electron chi connectivity index (χ2n) is 6.64. The van der Waals surface area contributed by atoms with Gasteiger partial charge in [0.05, 0.1) is 11.4 Å². The van der Waals surface area contributed by atoms with Gasteiger partial charge >= 0.3 is 0 Å². The largest absolute Gasteiger partial charge is 0.309 e. The average Bonchev–Trinajstić information content (AvgIpc) is 2.58. The van der Waals surface area contributed by atoms with Gasteiger partial charge in [-0.05, 0) is 76.4 Å². The zero-order valence-electron chi connectivity index (χ0n) is 15.2. The molecular formula is C20H28N4. The fraction of sp³-hybridized carbons (Fsp3) is 0.400. The lowest BCUT2D eigenvalue weighted by molar-refractivity contribution is 0.413. The van der Waals surface area contributed by atoms with Gasteiger partial charge in [-0.15, -0.1) is 0 Å². The van der Waals surface area contributed by atoms with Crippen molar-refractivity contribution in [1.82, 2.24) is 9.80 Å². The summed E-state index contributed by atoms with van der Waals surface area (Å²) in [6.07, 6.45) is 2.11. The molecule has 0 amide bonds. The first-order valence-corrected chi connectivity index (χ1v) is 8.42. The molecule has 0 aromatic heterocycles. The summed E-state index contributed by atoms with van der Waals surface area (Å²) in [7, 11) is 8.37. The molecule has 0 N–H and O–H groups in total. The minimum atomic E-state index is 0.889. The Kier molecular flexibility index (Phi) is 7.09. The van der Waals surface area contributed by atoms with Gasteiger partial charge in [0.25, 0.3) is 0 Å². The zero-order chi connectivity index (χ0) is 17.4. The summed E-state index contributed by atoms with van der Waals surface area (Å²) in [4.78, 5) is 4.38. The first kappa shape index (κ1) is 18.3. The van der Waals surface area contributed by atoms with Gasteiger partial charge in [-0.3, -0.25) is 0 Å². The van der Waals surface area contributed by atoms with Crippen molar-refractivity contribution in [2.75, 3.05) is 41.3 Å². The molecule has 0 aliphatic heterocycles. The van der Waals surface area contributed by atoms with Crippen LogP contribution < -0.4 is 0 Å². The Morgan fingerprint density at radius 1 is 0.583 bits per heavy atom. The van der Waals surface area contributed by atoms with E-state index in [0.29, 0.717) is 0 Å². The molecule has 0 fully saturated rings. The molecule has 4 nitrogen and oxygen atoms in total. The van der Waals surface area contributed by atoms with Gasteiger partial charge < -0.3 is 9.80 Å². The predicted molar refractivity (Wildman–Crippen MR) is 102 cm³/mol. The van der Waals surface area contributed by atoms with Crippen LogP contribution in [0.3, 0.4) is 0 Å². The Hall–Kier alpha value is -2.04. The van der Waals surface area contributed by atoms with Crippen LogP contribution >= 0.6 is 0 Å². The number of nitrogens with zero attached hydrogens (tertiary/aromatic N) is 4. The van der Waals surface area contributed by atoms with Crippen LogP contribution in [-0.2, 0) is 12.8 Å². The molecule has 2 rings (SSSR count). The molecule has 0 radical (unpaired) electrons. The van der Waals surface area contributed by atoms with Crippen molar-refractivity contribution in [2.24, 2.45) is 10.2 Å². The van der Waals surface area contributed by atoms with Crippen molar-refractivity contribution in [3.05, 3.63) is 59.7 Å². The smallest absolute Gasteiger partial charge is 0.0857 e. The first-order chi connectivity index (χ1) is 11.5. The van der Waals surface area contributed by atoms with Gasteiger partial charge in [0.2, 0.25) is 0 Å². The molecule has 0 atom stereocenters. The highest BCUT2D eigenvalue weighted by molar-refractivity contribution is 5.42. The third-order valence-electron chi connectivity index (χ3n) is 3.85. The minimum Gasteiger partial charge on any atom is -0.309 e. The van der Waals surface area contributed by atoms with E-state index in [9.17, 15) is 0 Å². The van der Waals surface area contributed by atoms with E-state index in [1.165, 1.54) is 11.1 Å². The van der Waals surface area contributed by atoms with Crippen LogP contribution in [0.15, 0.2) is 58.8 Å². The van der Waals surface area contributed by atoms with E-state index in [4.69, 9.17) is 0 Å². The molecule has 24 heavy (non-hydrogen) atoms. The lowest BCUT2D eigenvalue weighted by atomic mass is 10.1. The lowest BCUT2D eigenvalue weighted by Gasteiger charge is -2.09. The maximum Gasteiger partial charge on any atom is 0.0857 e. The van der Waals surface area contributed by atoms with Crippen molar-refractivity contribution in [2.45, 2.75) is 12.8 Å². The van der Waals surface area contributed by atoms with Gasteiger partial charge in [0.15, 0.2) is 0 Å². The van der Waals surface area contributed by atoms with E-state index >= 15 is 0 Å². The summed E-state index contributed by atoms with van der Waals surface area (Å²) < 4.78 is 0. The zero-order valence-corrected chi connectivity index (χ0v) is 15.2. The highest BCUT2D eigenvalue weighted by atomic mass is 15.1. The summed E-state index contributed by atoms with van der Waals surface area (Å²) in [6.45, 7) is 2.11. The van der Waals surface area contributed by atoms with E-state index in [1.54, 1.807) is 0 Å². The molecule has 0 heterocycles. The Labute approximate surface area is 145 Å². The number of rotatable bonds is 8. The highest BCUT2D eigenvalue weighted by Crippen LogP contribution is 2.19. The number of hydrogen-bond acceptors (Lipinski definition) is 4. The molecule has 0 saturated carbocycles. The topological polar surface area (TPSA) is 31.2 Å². The van der Waals surface area contributed by atoms with Crippen LogP contribution in [-0.4, -0.2) is 51.1 Å². The monoisotopic (exact) mass is 324 g/mol. The quantitative estimate of drug-likeness (QED) is 0.678. The second-order valence-corrected chi connectivity index (χ2v) is 6.64. The fourth-order valence-corrected chi connectivity index (χ4v) is 2.28. The summed E-state index contributed by atoms with van der Waals surface area (Å²) >= 11 is 0. The van der Waals surface area contributed by atoms with Crippen LogP contribution in [0, 0.1) is 0 Å². The fourth-order valence-electron chi connectivity index (χ4n) is 2.28. The first-order valence-electron chi connectivity index (χ1n) is 8.42. The Balaban J connectivity index is 1.90. The standard InChI is InChI=1S/C20H28N4/c1-23(2)15-13-17-5-9-19(10-6-17)21-22-20-11-7-18(8-12-20)14-16-24(3)4/h5-12H,13-16H2,1-4H3. The van der Waals surface area contributed by atoms with E-state index in [0.717, 1.165) is 37.3 Å². The summed E-state index contributed by atoms with van der Waals surface area (Å²) in [6, 6.07) is 16.6. The summed E-state index contributed by atoms with van der Waals surface area (Å²) in [5.41, 5.74) is 4.43. The molecule has 4 heteroatoms. The van der Waals surface area contributed by atoms with Crippen molar-refractivity contribution in [3.63, 3.8) is 0 Å². The van der Waals surface area contributed by atoms with Crippen LogP contribution in [0.4, 0.5) is 11.4 Å². The van der Waals surface area contributed by atoms with Gasteiger partial charge in [-0.25, -0.2) is 0 Å². The maximum absolute atomic E-state index is 4.32. The molecule has 0 aliphatic carbocycles. The van der Waals surface area contributed by atoms with E-state index in [-0.39, 0.29) is 0 Å². The Morgan fingerprint density at radius 3 is 1.21 bits per heavy atom. The van der Waals surface area contributed by atoms with Crippen molar-refractivity contribution >= 4 is 11.4 Å². The second kappa shape index (κ2) is 9.30. The van der Waals surface area contributed by atoms with E-state index in [1.807, 2.05) is 24.3 Å². The Morgan fingerprint density at radius 2 is 0.917 bits per heavy atom. The van der Waals surface area contributed by atoms with Crippen LogP contribution in [0.1, 0.15) is 11.1 Å². The Bertz CT molecular complexity index is 570. The number of benzene rings is 2. The molecule has 0 unspecified atom stereocenters. The normalized spacial score (nSPS) is 11.8. The summed E-state index contributed by atoms with van der Waals surface area (Å²) in [5, 5.41) is 8.65. The molecular weight excluding hydrogens is 296 g/mol. The van der Waals surface area contributed by atoms with Crippen molar-refractivity contribution < 1.29 is 0 Å². The van der Waals surface area contributed by atoms with Crippen LogP contribution in [0.5, 0.6) is 0 Å². The lowest BCUT2D eigenvalue weighted by Crippen LogP contribution is -2.14. The average molecular weight is 324 g/mol. The number of hydrogen-bond donors (Lipinski definition) is 0. The minimum absolute atomic E-state index is 0.889.